The van der Waals surface area contributed by atoms with Gasteiger partial charge in [0.15, 0.2) is 9.84 Å². The summed E-state index contributed by atoms with van der Waals surface area (Å²) < 4.78 is 22.7. The van der Waals surface area contributed by atoms with E-state index in [9.17, 15) is 13.2 Å². The molecule has 0 aliphatic carbocycles. The van der Waals surface area contributed by atoms with Crippen molar-refractivity contribution in [3.63, 3.8) is 0 Å². The zero-order valence-corrected chi connectivity index (χ0v) is 11.4. The number of amides is 1. The van der Waals surface area contributed by atoms with Gasteiger partial charge in [0.25, 0.3) is 0 Å². The monoisotopic (exact) mass is 267 g/mol. The van der Waals surface area contributed by atoms with Crippen LogP contribution in [0.15, 0.2) is 29.2 Å². The summed E-state index contributed by atoms with van der Waals surface area (Å²) >= 11 is 0. The Balaban J connectivity index is 2.32. The molecule has 0 saturated carbocycles. The van der Waals surface area contributed by atoms with Crippen molar-refractivity contribution in [3.8, 4) is 0 Å². The zero-order valence-electron chi connectivity index (χ0n) is 10.6. The lowest BCUT2D eigenvalue weighted by atomic mass is 10.1. The Bertz CT molecular complexity index is 548. The van der Waals surface area contributed by atoms with Crippen LogP contribution in [0.1, 0.15) is 26.2 Å². The van der Waals surface area contributed by atoms with Crippen LogP contribution in [0.3, 0.4) is 0 Å². The molecule has 0 aromatic heterocycles. The Labute approximate surface area is 108 Å². The van der Waals surface area contributed by atoms with Gasteiger partial charge >= 0.3 is 0 Å². The van der Waals surface area contributed by atoms with Gasteiger partial charge in [0.05, 0.1) is 4.90 Å². The first-order valence-electron chi connectivity index (χ1n) is 6.05. The molecule has 0 bridgehead atoms. The zero-order chi connectivity index (χ0) is 13.3. The molecule has 0 N–H and O–H groups in total. The minimum absolute atomic E-state index is 0.119. The summed E-state index contributed by atoms with van der Waals surface area (Å²) in [5.74, 6) is 0.119. The van der Waals surface area contributed by atoms with Gasteiger partial charge in [0.2, 0.25) is 5.91 Å². The molecule has 1 unspecified atom stereocenters. The number of hydrogen-bond donors (Lipinski definition) is 0. The third kappa shape index (κ3) is 2.41. The van der Waals surface area contributed by atoms with Crippen LogP contribution < -0.4 is 4.90 Å². The van der Waals surface area contributed by atoms with E-state index in [0.717, 1.165) is 18.5 Å². The van der Waals surface area contributed by atoms with Crippen molar-refractivity contribution in [1.29, 1.82) is 0 Å². The summed E-state index contributed by atoms with van der Waals surface area (Å²) in [6, 6.07) is 6.78. The van der Waals surface area contributed by atoms with Crippen molar-refractivity contribution in [2.45, 2.75) is 37.1 Å². The first-order chi connectivity index (χ1) is 8.43. The summed E-state index contributed by atoms with van der Waals surface area (Å²) in [4.78, 5) is 13.9. The second-order valence-electron chi connectivity index (χ2n) is 4.63. The molecule has 1 aromatic rings. The van der Waals surface area contributed by atoms with Gasteiger partial charge in [0.1, 0.15) is 0 Å². The van der Waals surface area contributed by atoms with E-state index in [1.165, 1.54) is 6.26 Å². The minimum Gasteiger partial charge on any atom is -0.309 e. The van der Waals surface area contributed by atoms with Crippen molar-refractivity contribution in [1.82, 2.24) is 0 Å². The molecular weight excluding hydrogens is 250 g/mol. The lowest BCUT2D eigenvalue weighted by Gasteiger charge is -2.24. The molecule has 4 nitrogen and oxygen atoms in total. The van der Waals surface area contributed by atoms with E-state index in [1.54, 1.807) is 29.2 Å². The number of nitrogens with zero attached hydrogens (tertiary/aromatic N) is 1. The largest absolute Gasteiger partial charge is 0.309 e. The molecule has 0 spiro atoms. The molecule has 1 heterocycles. The lowest BCUT2D eigenvalue weighted by molar-refractivity contribution is -0.117. The Morgan fingerprint density at radius 3 is 2.39 bits per heavy atom. The van der Waals surface area contributed by atoms with Gasteiger partial charge < -0.3 is 4.90 Å². The molecule has 98 valence electrons. The highest BCUT2D eigenvalue weighted by atomic mass is 32.2. The van der Waals surface area contributed by atoms with Gasteiger partial charge in [-0.1, -0.05) is 6.92 Å². The summed E-state index contributed by atoms with van der Waals surface area (Å²) in [5, 5.41) is 0. The first-order valence-corrected chi connectivity index (χ1v) is 7.95. The standard InChI is InChI=1S/C13H17NO3S/c1-3-10-6-9-13(15)14(10)11-4-7-12(8-5-11)18(2,16)17/h4-5,7-8,10H,3,6,9H2,1-2H3. The fourth-order valence-corrected chi connectivity index (χ4v) is 2.97. The van der Waals surface area contributed by atoms with Crippen molar-refractivity contribution in [3.05, 3.63) is 24.3 Å². The Hall–Kier alpha value is -1.36. The fourth-order valence-electron chi connectivity index (χ4n) is 2.34. The van der Waals surface area contributed by atoms with E-state index >= 15 is 0 Å². The predicted molar refractivity (Wildman–Crippen MR) is 70.4 cm³/mol. The molecule has 1 saturated heterocycles. The molecule has 2 rings (SSSR count). The van der Waals surface area contributed by atoms with E-state index in [4.69, 9.17) is 0 Å². The van der Waals surface area contributed by atoms with Crippen LogP contribution in [-0.2, 0) is 14.6 Å². The second-order valence-corrected chi connectivity index (χ2v) is 6.65. The molecule has 0 radical (unpaired) electrons. The van der Waals surface area contributed by atoms with Gasteiger partial charge in [0, 0.05) is 24.4 Å². The smallest absolute Gasteiger partial charge is 0.227 e. The molecule has 1 aromatic carbocycles. The predicted octanol–water partition coefficient (Wildman–Crippen LogP) is 2.00. The molecule has 1 amide bonds. The molecule has 18 heavy (non-hydrogen) atoms. The third-order valence-corrected chi connectivity index (χ3v) is 4.47. The van der Waals surface area contributed by atoms with Crippen molar-refractivity contribution >= 4 is 21.4 Å². The fraction of sp³-hybridized carbons (Fsp3) is 0.462. The van der Waals surface area contributed by atoms with E-state index in [-0.39, 0.29) is 16.8 Å². The van der Waals surface area contributed by atoms with Crippen LogP contribution in [0.5, 0.6) is 0 Å². The molecule has 5 heteroatoms. The first kappa shape index (κ1) is 13.1. The molecular formula is C13H17NO3S. The molecule has 1 atom stereocenters. The van der Waals surface area contributed by atoms with E-state index in [2.05, 4.69) is 6.92 Å². The van der Waals surface area contributed by atoms with Crippen LogP contribution in [0, 0.1) is 0 Å². The van der Waals surface area contributed by atoms with Crippen LogP contribution in [0.2, 0.25) is 0 Å². The van der Waals surface area contributed by atoms with Crippen molar-refractivity contribution < 1.29 is 13.2 Å². The van der Waals surface area contributed by atoms with Crippen molar-refractivity contribution in [2.75, 3.05) is 11.2 Å². The van der Waals surface area contributed by atoms with Crippen LogP contribution >= 0.6 is 0 Å². The summed E-state index contributed by atoms with van der Waals surface area (Å²) in [6.45, 7) is 2.06. The van der Waals surface area contributed by atoms with E-state index in [1.807, 2.05) is 0 Å². The van der Waals surface area contributed by atoms with E-state index < -0.39 is 9.84 Å². The molecule has 1 fully saturated rings. The van der Waals surface area contributed by atoms with Crippen LogP contribution in [0.4, 0.5) is 5.69 Å². The number of sulfone groups is 1. The highest BCUT2D eigenvalue weighted by molar-refractivity contribution is 7.90. The summed E-state index contributed by atoms with van der Waals surface area (Å²) in [7, 11) is -3.18. The lowest BCUT2D eigenvalue weighted by Crippen LogP contribution is -2.32. The molecule has 1 aliphatic rings. The number of carbonyl (C=O) groups is 1. The maximum Gasteiger partial charge on any atom is 0.227 e. The Morgan fingerprint density at radius 1 is 1.28 bits per heavy atom. The Morgan fingerprint density at radius 2 is 1.89 bits per heavy atom. The quantitative estimate of drug-likeness (QED) is 0.841. The van der Waals surface area contributed by atoms with E-state index in [0.29, 0.717) is 6.42 Å². The van der Waals surface area contributed by atoms with Crippen LogP contribution in [0.25, 0.3) is 0 Å². The maximum absolute atomic E-state index is 11.8. The number of benzene rings is 1. The number of rotatable bonds is 3. The number of anilines is 1. The average Bonchev–Trinajstić information content (AvgIpc) is 2.69. The maximum atomic E-state index is 11.8. The van der Waals surface area contributed by atoms with Gasteiger partial charge in [-0.05, 0) is 37.1 Å². The van der Waals surface area contributed by atoms with Gasteiger partial charge in [-0.15, -0.1) is 0 Å². The topological polar surface area (TPSA) is 54.5 Å². The Kier molecular flexibility index (Phi) is 3.43. The normalized spacial score (nSPS) is 20.4. The minimum atomic E-state index is -3.18. The second kappa shape index (κ2) is 4.72. The third-order valence-electron chi connectivity index (χ3n) is 3.34. The highest BCUT2D eigenvalue weighted by Crippen LogP contribution is 2.28. The average molecular weight is 267 g/mol. The molecule has 1 aliphatic heterocycles. The van der Waals surface area contributed by atoms with Crippen LogP contribution in [-0.4, -0.2) is 26.6 Å². The number of hydrogen-bond acceptors (Lipinski definition) is 3. The van der Waals surface area contributed by atoms with Gasteiger partial charge in [-0.25, -0.2) is 8.42 Å². The van der Waals surface area contributed by atoms with Gasteiger partial charge in [-0.3, -0.25) is 4.79 Å². The summed E-state index contributed by atoms with van der Waals surface area (Å²) in [6.07, 6.45) is 3.55. The highest BCUT2D eigenvalue weighted by Gasteiger charge is 2.30. The number of carbonyl (C=O) groups excluding carboxylic acids is 1. The summed E-state index contributed by atoms with van der Waals surface area (Å²) in [5.41, 5.74) is 0.789. The SMILES string of the molecule is CCC1CCC(=O)N1c1ccc(S(C)(=O)=O)cc1. The van der Waals surface area contributed by atoms with Gasteiger partial charge in [-0.2, -0.15) is 0 Å². The van der Waals surface area contributed by atoms with Crippen molar-refractivity contribution in [2.24, 2.45) is 0 Å².